The van der Waals surface area contributed by atoms with Crippen LogP contribution in [0.25, 0.3) is 0 Å². The second-order valence-electron chi connectivity index (χ2n) is 17.3. The summed E-state index contributed by atoms with van der Waals surface area (Å²) < 4.78 is 0. The number of hydrogen-bond donors (Lipinski definition) is 2. The van der Waals surface area contributed by atoms with Crippen LogP contribution in [-0.2, 0) is 21.7 Å². The fourth-order valence-electron chi connectivity index (χ4n) is 7.83. The summed E-state index contributed by atoms with van der Waals surface area (Å²) in [6.45, 7) is 18.7. The zero-order valence-corrected chi connectivity index (χ0v) is 34.9. The Hall–Kier alpha value is -5.74. The molecule has 0 unspecified atom stereocenters. The fraction of sp³-hybridized carbons (Fsp3) is 0.283. The van der Waals surface area contributed by atoms with Crippen molar-refractivity contribution in [3.63, 3.8) is 0 Å². The number of aromatic hydroxyl groups is 2. The summed E-state index contributed by atoms with van der Waals surface area (Å²) in [5.41, 5.74) is 8.55. The quantitative estimate of drug-likeness (QED) is 0.0859. The van der Waals surface area contributed by atoms with Gasteiger partial charge in [0.25, 0.3) is 0 Å². The molecule has 6 aromatic carbocycles. The Bertz CT molecular complexity index is 2160. The van der Waals surface area contributed by atoms with Gasteiger partial charge in [-0.25, -0.2) is 0 Å². The molecule has 4 nitrogen and oxygen atoms in total. The molecule has 0 atom stereocenters. The largest absolute Gasteiger partial charge is 0.507 e. The van der Waals surface area contributed by atoms with Crippen molar-refractivity contribution in [1.82, 2.24) is 0 Å². The van der Waals surface area contributed by atoms with Crippen LogP contribution in [0.15, 0.2) is 156 Å². The third-order valence-corrected chi connectivity index (χ3v) is 12.1. The molecule has 2 N–H and O–H groups in total. The molecule has 6 aromatic rings. The van der Waals surface area contributed by atoms with Crippen molar-refractivity contribution in [1.29, 1.82) is 0 Å². The number of nitrogens with zero attached hydrogens (tertiary/aromatic N) is 2. The van der Waals surface area contributed by atoms with Gasteiger partial charge >= 0.3 is 0 Å². The van der Waals surface area contributed by atoms with Crippen LogP contribution >= 0.6 is 0 Å². The number of aliphatic imine (C=N–C) groups is 2. The van der Waals surface area contributed by atoms with E-state index in [0.717, 1.165) is 33.4 Å². The van der Waals surface area contributed by atoms with Crippen molar-refractivity contribution in [2.75, 3.05) is 13.1 Å². The van der Waals surface area contributed by atoms with Crippen LogP contribution in [0.2, 0.25) is 0 Å². The van der Waals surface area contributed by atoms with E-state index in [0.29, 0.717) is 30.6 Å². The molecule has 57 heavy (non-hydrogen) atoms. The fourth-order valence-corrected chi connectivity index (χ4v) is 7.83. The first-order chi connectivity index (χ1) is 27.1. The number of phenolic OH excluding ortho intramolecular Hbond substituents is 2. The molecular weight excluding hydrogens is 697 g/mol. The Kier molecular flexibility index (Phi) is 12.0. The van der Waals surface area contributed by atoms with Gasteiger partial charge in [-0.05, 0) is 51.9 Å². The van der Waals surface area contributed by atoms with E-state index in [2.05, 4.69) is 152 Å². The molecule has 4 heteroatoms. The van der Waals surface area contributed by atoms with Crippen LogP contribution in [0.4, 0.5) is 0 Å². The van der Waals surface area contributed by atoms with Gasteiger partial charge in [-0.2, -0.15) is 0 Å². The Balaban J connectivity index is 1.26. The maximum Gasteiger partial charge on any atom is 0.128 e. The topological polar surface area (TPSA) is 65.2 Å². The molecule has 0 aliphatic rings. The Labute approximate surface area is 340 Å². The van der Waals surface area contributed by atoms with Gasteiger partial charge in [-0.3, -0.25) is 9.98 Å². The second-order valence-corrected chi connectivity index (χ2v) is 17.3. The highest BCUT2D eigenvalue weighted by molar-refractivity contribution is 5.86. The molecule has 292 valence electrons. The standard InChI is InChI=1S/C53H58N2O2/c1-50(2,40-22-13-9-14-23-40)44-32-38(48(56)46(34-44)52(5,6)42-26-17-11-18-27-42)36-54-30-21-31-55-37-39-33-45(51(3,4)41-24-15-10-16-25-41)35-47(49(39)57)53(7,8)43-28-19-12-20-29-43/h9-20,22-29,32-37,56-57H,21,30-31H2,1-8H3. The van der Waals surface area contributed by atoms with E-state index in [1.807, 2.05) is 61.0 Å². The summed E-state index contributed by atoms with van der Waals surface area (Å²) in [6, 6.07) is 50.2. The second kappa shape index (κ2) is 16.8. The summed E-state index contributed by atoms with van der Waals surface area (Å²) in [7, 11) is 0. The molecule has 0 radical (unpaired) electrons. The molecule has 0 bridgehead atoms. The Morgan fingerprint density at radius 2 is 0.667 bits per heavy atom. The monoisotopic (exact) mass is 754 g/mol. The van der Waals surface area contributed by atoms with Gasteiger partial charge in [-0.15, -0.1) is 0 Å². The highest BCUT2D eigenvalue weighted by Crippen LogP contribution is 2.44. The van der Waals surface area contributed by atoms with Crippen LogP contribution in [-0.4, -0.2) is 35.7 Å². The van der Waals surface area contributed by atoms with Gasteiger partial charge in [0.2, 0.25) is 0 Å². The third kappa shape index (κ3) is 8.66. The number of phenols is 2. The van der Waals surface area contributed by atoms with Crippen LogP contribution in [0.1, 0.15) is 117 Å². The third-order valence-electron chi connectivity index (χ3n) is 12.1. The first kappa shape index (κ1) is 40.9. The van der Waals surface area contributed by atoms with Crippen LogP contribution in [0.5, 0.6) is 11.5 Å². The SMILES string of the molecule is CC(C)(c1ccccc1)c1cc(C=NCCCN=Cc2cc(C(C)(C)c3ccccc3)cc(C(C)(C)c3ccccc3)c2O)c(O)c(C(C)(C)c2ccccc2)c1. The van der Waals surface area contributed by atoms with Crippen molar-refractivity contribution < 1.29 is 10.2 Å². The average molecular weight is 755 g/mol. The summed E-state index contributed by atoms with van der Waals surface area (Å²) in [5.74, 6) is 0.502. The highest BCUT2D eigenvalue weighted by atomic mass is 16.3. The molecule has 0 aromatic heterocycles. The van der Waals surface area contributed by atoms with E-state index in [9.17, 15) is 10.2 Å². The number of hydrogen-bond acceptors (Lipinski definition) is 4. The van der Waals surface area contributed by atoms with Crippen molar-refractivity contribution in [3.05, 3.63) is 201 Å². The first-order valence-electron chi connectivity index (χ1n) is 20.1. The average Bonchev–Trinajstić information content (AvgIpc) is 3.22. The van der Waals surface area contributed by atoms with E-state index < -0.39 is 10.8 Å². The van der Waals surface area contributed by atoms with Gasteiger partial charge < -0.3 is 10.2 Å². The summed E-state index contributed by atoms with van der Waals surface area (Å²) >= 11 is 0. The van der Waals surface area contributed by atoms with Crippen molar-refractivity contribution in [3.8, 4) is 11.5 Å². The maximum absolute atomic E-state index is 11.8. The van der Waals surface area contributed by atoms with Gasteiger partial charge in [0.05, 0.1) is 0 Å². The highest BCUT2D eigenvalue weighted by Gasteiger charge is 2.33. The smallest absolute Gasteiger partial charge is 0.128 e. The number of rotatable bonds is 14. The molecule has 0 fully saturated rings. The predicted octanol–water partition coefficient (Wildman–Crippen LogP) is 12.3. The maximum atomic E-state index is 11.8. The molecule has 6 rings (SSSR count). The van der Waals surface area contributed by atoms with Crippen molar-refractivity contribution in [2.45, 2.75) is 83.5 Å². The lowest BCUT2D eigenvalue weighted by molar-refractivity contribution is 0.450. The molecule has 0 aliphatic heterocycles. The zero-order valence-electron chi connectivity index (χ0n) is 34.9. The lowest BCUT2D eigenvalue weighted by Gasteiger charge is -2.32. The van der Waals surface area contributed by atoms with E-state index >= 15 is 0 Å². The predicted molar refractivity (Wildman–Crippen MR) is 240 cm³/mol. The van der Waals surface area contributed by atoms with Crippen LogP contribution in [0, 0.1) is 0 Å². The van der Waals surface area contributed by atoms with Crippen molar-refractivity contribution >= 4 is 12.4 Å². The summed E-state index contributed by atoms with van der Waals surface area (Å²) in [6.07, 6.45) is 4.34. The Morgan fingerprint density at radius 1 is 0.386 bits per heavy atom. The molecule has 0 saturated heterocycles. The van der Waals surface area contributed by atoms with Gasteiger partial charge in [-0.1, -0.05) is 189 Å². The van der Waals surface area contributed by atoms with E-state index in [1.54, 1.807) is 0 Å². The molecule has 0 aliphatic carbocycles. The van der Waals surface area contributed by atoms with Gasteiger partial charge in [0.1, 0.15) is 11.5 Å². The van der Waals surface area contributed by atoms with E-state index in [-0.39, 0.29) is 22.3 Å². The van der Waals surface area contributed by atoms with Crippen LogP contribution in [0.3, 0.4) is 0 Å². The number of benzene rings is 6. The Morgan fingerprint density at radius 3 is 0.965 bits per heavy atom. The molecule has 0 saturated carbocycles. The molecular formula is C53H58N2O2. The lowest BCUT2D eigenvalue weighted by atomic mass is 9.72. The minimum Gasteiger partial charge on any atom is -0.507 e. The molecule has 0 amide bonds. The van der Waals surface area contributed by atoms with Crippen molar-refractivity contribution in [2.24, 2.45) is 9.98 Å². The van der Waals surface area contributed by atoms with Crippen LogP contribution < -0.4 is 0 Å². The summed E-state index contributed by atoms with van der Waals surface area (Å²) in [4.78, 5) is 9.62. The minimum atomic E-state index is -0.444. The first-order valence-corrected chi connectivity index (χ1v) is 20.1. The summed E-state index contributed by atoms with van der Waals surface area (Å²) in [5, 5.41) is 23.6. The molecule has 0 heterocycles. The van der Waals surface area contributed by atoms with E-state index in [1.165, 1.54) is 11.1 Å². The zero-order chi connectivity index (χ0) is 40.8. The van der Waals surface area contributed by atoms with Gasteiger partial charge in [0, 0.05) is 69.4 Å². The van der Waals surface area contributed by atoms with E-state index in [4.69, 9.17) is 9.98 Å². The normalized spacial score (nSPS) is 12.8. The lowest BCUT2D eigenvalue weighted by Crippen LogP contribution is -2.24. The minimum absolute atomic E-state index is 0.251. The molecule has 0 spiro atoms. The van der Waals surface area contributed by atoms with Gasteiger partial charge in [0.15, 0.2) is 0 Å².